The fourth-order valence-corrected chi connectivity index (χ4v) is 1.14. The molecule has 16 heavy (non-hydrogen) atoms. The summed E-state index contributed by atoms with van der Waals surface area (Å²) in [4.78, 5) is 20.6. The Labute approximate surface area is 89.0 Å². The number of nitriles is 1. The average Bonchev–Trinajstić information content (AvgIpc) is 2.26. The Morgan fingerprint density at radius 2 is 2.25 bits per heavy atom. The van der Waals surface area contributed by atoms with Crippen LogP contribution in [0.5, 0.6) is 0 Å². The summed E-state index contributed by atoms with van der Waals surface area (Å²) in [5, 5.41) is 19.2. The van der Waals surface area contributed by atoms with Crippen LogP contribution in [0.1, 0.15) is 15.9 Å². The molecule has 6 nitrogen and oxygen atoms in total. The molecule has 0 amide bonds. The van der Waals surface area contributed by atoms with E-state index >= 15 is 0 Å². The predicted octanol–water partition coefficient (Wildman–Crippen LogP) is 1.39. The van der Waals surface area contributed by atoms with Gasteiger partial charge in [-0.15, -0.1) is 0 Å². The van der Waals surface area contributed by atoms with E-state index in [1.807, 2.05) is 0 Å². The molecule has 0 unspecified atom stereocenters. The minimum absolute atomic E-state index is 0.335. The zero-order valence-electron chi connectivity index (χ0n) is 8.06. The predicted molar refractivity (Wildman–Crippen MR) is 49.1 cm³/mol. The van der Waals surface area contributed by atoms with Gasteiger partial charge in [0.15, 0.2) is 0 Å². The molecule has 0 N–H and O–H groups in total. The van der Waals surface area contributed by atoms with Crippen LogP contribution in [0.15, 0.2) is 12.1 Å². The van der Waals surface area contributed by atoms with Crippen LogP contribution in [-0.2, 0) is 4.74 Å². The maximum atomic E-state index is 13.1. The molecule has 0 saturated heterocycles. The van der Waals surface area contributed by atoms with Crippen molar-refractivity contribution in [1.82, 2.24) is 0 Å². The van der Waals surface area contributed by atoms with Gasteiger partial charge in [0.25, 0.3) is 0 Å². The third-order valence-corrected chi connectivity index (χ3v) is 1.83. The van der Waals surface area contributed by atoms with Gasteiger partial charge in [0.05, 0.1) is 17.6 Å². The molecule has 1 aromatic carbocycles. The largest absolute Gasteiger partial charge is 0.465 e. The number of ether oxygens (including phenoxy) is 1. The molecule has 0 bridgehead atoms. The lowest BCUT2D eigenvalue weighted by Gasteiger charge is -2.02. The van der Waals surface area contributed by atoms with E-state index in [0.717, 1.165) is 19.2 Å². The second-order valence-corrected chi connectivity index (χ2v) is 2.68. The maximum Gasteiger partial charge on any atom is 0.339 e. The highest BCUT2D eigenvalue weighted by molar-refractivity contribution is 5.93. The van der Waals surface area contributed by atoms with Gasteiger partial charge < -0.3 is 4.74 Å². The number of nitro groups is 1. The van der Waals surface area contributed by atoms with Crippen molar-refractivity contribution in [2.45, 2.75) is 0 Å². The number of nitro benzene ring substituents is 1. The Hall–Kier alpha value is -2.49. The van der Waals surface area contributed by atoms with E-state index in [0.29, 0.717) is 0 Å². The number of esters is 1. The summed E-state index contributed by atoms with van der Waals surface area (Å²) in [7, 11) is 1.05. The van der Waals surface area contributed by atoms with E-state index in [2.05, 4.69) is 4.74 Å². The van der Waals surface area contributed by atoms with Gasteiger partial charge in [-0.25, -0.2) is 4.79 Å². The van der Waals surface area contributed by atoms with E-state index < -0.39 is 28.0 Å². The van der Waals surface area contributed by atoms with Crippen LogP contribution in [0.3, 0.4) is 0 Å². The van der Waals surface area contributed by atoms with Crippen LogP contribution in [0.4, 0.5) is 10.1 Å². The van der Waals surface area contributed by atoms with Crippen LogP contribution in [0.25, 0.3) is 0 Å². The first-order valence-corrected chi connectivity index (χ1v) is 3.98. The summed E-state index contributed by atoms with van der Waals surface area (Å²) in [6, 6.07) is 3.13. The Morgan fingerprint density at radius 1 is 1.62 bits per heavy atom. The molecule has 0 spiro atoms. The van der Waals surface area contributed by atoms with Crippen LogP contribution in [0, 0.1) is 27.3 Å². The number of hydrogen-bond donors (Lipinski definition) is 0. The van der Waals surface area contributed by atoms with Crippen molar-refractivity contribution < 1.29 is 18.8 Å². The highest BCUT2D eigenvalue weighted by Gasteiger charge is 2.26. The van der Waals surface area contributed by atoms with Gasteiger partial charge in [-0.1, -0.05) is 0 Å². The van der Waals surface area contributed by atoms with Crippen LogP contribution >= 0.6 is 0 Å². The minimum atomic E-state index is -1.17. The molecule has 0 atom stereocenters. The lowest BCUT2D eigenvalue weighted by atomic mass is 10.1. The van der Waals surface area contributed by atoms with Crippen molar-refractivity contribution in [2.24, 2.45) is 0 Å². The Bertz CT molecular complexity index is 507. The van der Waals surface area contributed by atoms with Crippen molar-refractivity contribution in [1.29, 1.82) is 5.26 Å². The Kier molecular flexibility index (Phi) is 3.15. The molecule has 0 aliphatic heterocycles. The average molecular weight is 224 g/mol. The van der Waals surface area contributed by atoms with Gasteiger partial charge in [0.1, 0.15) is 11.6 Å². The van der Waals surface area contributed by atoms with Gasteiger partial charge in [0.2, 0.25) is 5.82 Å². The number of benzene rings is 1. The normalized spacial score (nSPS) is 9.31. The standard InChI is InChI=1S/C9H5FN2O4/c1-16-9(13)5-2-3-7(10)8(12(14)15)6(5)4-11/h2-3H,1H3. The van der Waals surface area contributed by atoms with E-state index in [9.17, 15) is 19.3 Å². The highest BCUT2D eigenvalue weighted by Crippen LogP contribution is 2.25. The Morgan fingerprint density at radius 3 is 2.69 bits per heavy atom. The van der Waals surface area contributed by atoms with Crippen molar-refractivity contribution in [3.05, 3.63) is 39.2 Å². The molecular weight excluding hydrogens is 219 g/mol. The van der Waals surface area contributed by atoms with E-state index in [-0.39, 0.29) is 5.56 Å². The van der Waals surface area contributed by atoms with E-state index in [1.54, 1.807) is 0 Å². The van der Waals surface area contributed by atoms with Gasteiger partial charge in [0, 0.05) is 0 Å². The second-order valence-electron chi connectivity index (χ2n) is 2.68. The topological polar surface area (TPSA) is 93.2 Å². The zero-order chi connectivity index (χ0) is 12.3. The summed E-state index contributed by atoms with van der Waals surface area (Å²) in [6.45, 7) is 0. The molecule has 0 aromatic heterocycles. The first kappa shape index (κ1) is 11.6. The summed E-state index contributed by atoms with van der Waals surface area (Å²) >= 11 is 0. The van der Waals surface area contributed by atoms with Crippen molar-refractivity contribution >= 4 is 11.7 Å². The number of halogens is 1. The second kappa shape index (κ2) is 4.35. The van der Waals surface area contributed by atoms with Gasteiger partial charge in [-0.3, -0.25) is 10.1 Å². The van der Waals surface area contributed by atoms with Crippen LogP contribution < -0.4 is 0 Å². The molecule has 1 aromatic rings. The molecule has 0 heterocycles. The fraction of sp³-hybridized carbons (Fsp3) is 0.111. The number of carbonyl (C=O) groups excluding carboxylic acids is 1. The first-order chi connectivity index (χ1) is 7.52. The molecule has 0 fully saturated rings. The number of rotatable bonds is 2. The van der Waals surface area contributed by atoms with E-state index in [4.69, 9.17) is 5.26 Å². The molecule has 0 aliphatic carbocycles. The first-order valence-electron chi connectivity index (χ1n) is 3.98. The quantitative estimate of drug-likeness (QED) is 0.430. The van der Waals surface area contributed by atoms with Crippen molar-refractivity contribution in [3.63, 3.8) is 0 Å². The fourth-order valence-electron chi connectivity index (χ4n) is 1.14. The monoisotopic (exact) mass is 224 g/mol. The molecule has 0 saturated carbocycles. The van der Waals surface area contributed by atoms with Gasteiger partial charge in [-0.2, -0.15) is 9.65 Å². The van der Waals surface area contributed by atoms with Crippen molar-refractivity contribution in [3.8, 4) is 6.07 Å². The number of methoxy groups -OCH3 is 1. The smallest absolute Gasteiger partial charge is 0.339 e. The van der Waals surface area contributed by atoms with Crippen molar-refractivity contribution in [2.75, 3.05) is 7.11 Å². The summed E-state index contributed by atoms with van der Waals surface area (Å²) < 4.78 is 17.4. The highest BCUT2D eigenvalue weighted by atomic mass is 19.1. The maximum absolute atomic E-state index is 13.1. The zero-order valence-corrected chi connectivity index (χ0v) is 8.06. The third kappa shape index (κ3) is 1.81. The molecule has 1 rings (SSSR count). The SMILES string of the molecule is COC(=O)c1ccc(F)c([N+](=O)[O-])c1C#N. The minimum Gasteiger partial charge on any atom is -0.465 e. The number of nitrogens with zero attached hydrogens (tertiary/aromatic N) is 2. The third-order valence-electron chi connectivity index (χ3n) is 1.83. The van der Waals surface area contributed by atoms with Gasteiger partial charge >= 0.3 is 11.7 Å². The van der Waals surface area contributed by atoms with Crippen LogP contribution in [-0.4, -0.2) is 18.0 Å². The van der Waals surface area contributed by atoms with Crippen LogP contribution in [0.2, 0.25) is 0 Å². The number of hydrogen-bond acceptors (Lipinski definition) is 5. The summed E-state index contributed by atoms with van der Waals surface area (Å²) in [6.07, 6.45) is 0. The molecule has 82 valence electrons. The van der Waals surface area contributed by atoms with E-state index in [1.165, 1.54) is 6.07 Å². The summed E-state index contributed by atoms with van der Waals surface area (Å²) in [5.41, 5.74) is -2.00. The lowest BCUT2D eigenvalue weighted by Crippen LogP contribution is -2.07. The van der Waals surface area contributed by atoms with Gasteiger partial charge in [-0.05, 0) is 12.1 Å². The number of carbonyl (C=O) groups is 1. The lowest BCUT2D eigenvalue weighted by molar-refractivity contribution is -0.387. The summed E-state index contributed by atoms with van der Waals surface area (Å²) in [5.74, 6) is -2.10. The molecular formula is C9H5FN2O4. The Balaban J connectivity index is 3.57. The molecule has 7 heteroatoms. The molecule has 0 radical (unpaired) electrons. The molecule has 0 aliphatic rings.